The van der Waals surface area contributed by atoms with E-state index in [-0.39, 0.29) is 12.6 Å². The molecule has 0 unspecified atom stereocenters. The molecule has 6 heteroatoms. The number of rotatable bonds is 4. The maximum absolute atomic E-state index is 11.3. The van der Waals surface area contributed by atoms with Gasteiger partial charge in [-0.3, -0.25) is 4.98 Å². The van der Waals surface area contributed by atoms with Gasteiger partial charge >= 0.3 is 0 Å². The van der Waals surface area contributed by atoms with Gasteiger partial charge in [-0.2, -0.15) is 12.7 Å². The summed E-state index contributed by atoms with van der Waals surface area (Å²) >= 11 is 0. The first kappa shape index (κ1) is 12.1. The highest BCUT2D eigenvalue weighted by atomic mass is 32.2. The smallest absolute Gasteiger partial charge is 0.264 e. The molecule has 15 heavy (non-hydrogen) atoms. The van der Waals surface area contributed by atoms with Crippen LogP contribution in [0.2, 0.25) is 0 Å². The summed E-state index contributed by atoms with van der Waals surface area (Å²) in [6, 6.07) is 3.41. The molecule has 2 N–H and O–H groups in total. The van der Waals surface area contributed by atoms with E-state index in [9.17, 15) is 8.42 Å². The molecule has 0 aliphatic carbocycles. The number of aromatic nitrogens is 1. The van der Waals surface area contributed by atoms with E-state index in [1.807, 2.05) is 6.07 Å². The van der Waals surface area contributed by atoms with Crippen molar-refractivity contribution >= 4 is 10.2 Å². The van der Waals surface area contributed by atoms with Crippen LogP contribution in [0, 0.1) is 0 Å². The Morgan fingerprint density at radius 2 is 2.20 bits per heavy atom. The standard InChI is InChI=1S/C9H15N3O2S/c1-8(2)12(15(10,13)14)7-9-4-3-5-11-6-9/h3-6,8H,7H2,1-2H3,(H2,10,13,14). The van der Waals surface area contributed by atoms with Crippen molar-refractivity contribution < 1.29 is 8.42 Å². The van der Waals surface area contributed by atoms with Crippen molar-refractivity contribution in [1.82, 2.24) is 9.29 Å². The second-order valence-corrected chi connectivity index (χ2v) is 5.04. The predicted octanol–water partition coefficient (Wildman–Crippen LogP) is 0.496. The Balaban J connectivity index is 2.87. The number of hydrogen-bond acceptors (Lipinski definition) is 3. The van der Waals surface area contributed by atoms with Crippen molar-refractivity contribution in [2.24, 2.45) is 5.14 Å². The SMILES string of the molecule is CC(C)N(Cc1cccnc1)S(N)(=O)=O. The van der Waals surface area contributed by atoms with Gasteiger partial charge in [0.25, 0.3) is 10.2 Å². The molecule has 0 fully saturated rings. The monoisotopic (exact) mass is 229 g/mol. The largest absolute Gasteiger partial charge is 0.277 e. The fraction of sp³-hybridized carbons (Fsp3) is 0.444. The molecule has 0 radical (unpaired) electrons. The van der Waals surface area contributed by atoms with Crippen LogP contribution in [0.25, 0.3) is 0 Å². The molecular formula is C9H15N3O2S. The summed E-state index contributed by atoms with van der Waals surface area (Å²) in [5.41, 5.74) is 0.820. The van der Waals surface area contributed by atoms with Crippen molar-refractivity contribution in [1.29, 1.82) is 0 Å². The molecule has 0 atom stereocenters. The topological polar surface area (TPSA) is 76.3 Å². The van der Waals surface area contributed by atoms with Gasteiger partial charge in [0.1, 0.15) is 0 Å². The Bertz CT molecular complexity index is 403. The second kappa shape index (κ2) is 4.69. The van der Waals surface area contributed by atoms with Crippen LogP contribution in [0.15, 0.2) is 24.5 Å². The Morgan fingerprint density at radius 1 is 1.53 bits per heavy atom. The molecule has 1 aromatic heterocycles. The molecule has 0 aromatic carbocycles. The lowest BCUT2D eigenvalue weighted by atomic mass is 10.2. The fourth-order valence-corrected chi connectivity index (χ4v) is 2.15. The number of pyridine rings is 1. The van der Waals surface area contributed by atoms with Crippen LogP contribution in [-0.2, 0) is 16.8 Å². The molecule has 0 saturated carbocycles. The third-order valence-electron chi connectivity index (χ3n) is 1.96. The first-order chi connectivity index (χ1) is 6.91. The molecule has 1 aromatic rings. The first-order valence-electron chi connectivity index (χ1n) is 4.59. The van der Waals surface area contributed by atoms with Gasteiger partial charge in [-0.25, -0.2) is 5.14 Å². The molecule has 0 saturated heterocycles. The quantitative estimate of drug-likeness (QED) is 0.816. The van der Waals surface area contributed by atoms with E-state index in [0.717, 1.165) is 5.56 Å². The lowest BCUT2D eigenvalue weighted by Crippen LogP contribution is -2.40. The number of hydrogen-bond donors (Lipinski definition) is 1. The summed E-state index contributed by atoms with van der Waals surface area (Å²) < 4.78 is 23.7. The van der Waals surface area contributed by atoms with Crippen LogP contribution in [0.4, 0.5) is 0 Å². The van der Waals surface area contributed by atoms with E-state index in [2.05, 4.69) is 4.98 Å². The summed E-state index contributed by atoms with van der Waals surface area (Å²) in [6.07, 6.45) is 3.26. The minimum Gasteiger partial charge on any atom is -0.264 e. The molecule has 0 bridgehead atoms. The fourth-order valence-electron chi connectivity index (χ4n) is 1.24. The average molecular weight is 229 g/mol. The van der Waals surface area contributed by atoms with Crippen molar-refractivity contribution in [3.8, 4) is 0 Å². The van der Waals surface area contributed by atoms with E-state index in [4.69, 9.17) is 5.14 Å². The van der Waals surface area contributed by atoms with Crippen molar-refractivity contribution in [2.45, 2.75) is 26.4 Å². The average Bonchev–Trinajstić information content (AvgIpc) is 2.13. The highest BCUT2D eigenvalue weighted by Gasteiger charge is 2.20. The maximum Gasteiger partial charge on any atom is 0.277 e. The van der Waals surface area contributed by atoms with Gasteiger partial charge in [-0.15, -0.1) is 0 Å². The van der Waals surface area contributed by atoms with E-state index < -0.39 is 10.2 Å². The summed E-state index contributed by atoms with van der Waals surface area (Å²) in [5, 5.41) is 5.11. The lowest BCUT2D eigenvalue weighted by molar-refractivity contribution is 0.348. The highest BCUT2D eigenvalue weighted by Crippen LogP contribution is 2.09. The molecular weight excluding hydrogens is 214 g/mol. The molecule has 0 spiro atoms. The zero-order chi connectivity index (χ0) is 11.5. The van der Waals surface area contributed by atoms with Crippen LogP contribution in [-0.4, -0.2) is 23.7 Å². The highest BCUT2D eigenvalue weighted by molar-refractivity contribution is 7.86. The van der Waals surface area contributed by atoms with Crippen molar-refractivity contribution in [2.75, 3.05) is 0 Å². The zero-order valence-electron chi connectivity index (χ0n) is 8.79. The van der Waals surface area contributed by atoms with Gasteiger partial charge in [0.2, 0.25) is 0 Å². The molecule has 0 amide bonds. The molecule has 1 rings (SSSR count). The van der Waals surface area contributed by atoms with Gasteiger partial charge in [0.15, 0.2) is 0 Å². The van der Waals surface area contributed by atoms with Crippen LogP contribution in [0.1, 0.15) is 19.4 Å². The molecule has 1 heterocycles. The normalized spacial score (nSPS) is 12.3. The molecule has 84 valence electrons. The van der Waals surface area contributed by atoms with Crippen LogP contribution < -0.4 is 5.14 Å². The maximum atomic E-state index is 11.3. The van der Waals surface area contributed by atoms with Crippen molar-refractivity contribution in [3.05, 3.63) is 30.1 Å². The van der Waals surface area contributed by atoms with Crippen molar-refractivity contribution in [3.63, 3.8) is 0 Å². The minimum absolute atomic E-state index is 0.166. The minimum atomic E-state index is -3.66. The summed E-state index contributed by atoms with van der Waals surface area (Å²) in [7, 11) is -3.66. The van der Waals surface area contributed by atoms with Gasteiger partial charge in [0, 0.05) is 25.0 Å². The third-order valence-corrected chi connectivity index (χ3v) is 3.17. The first-order valence-corrected chi connectivity index (χ1v) is 6.10. The Morgan fingerprint density at radius 3 is 2.60 bits per heavy atom. The number of nitrogens with two attached hydrogens (primary N) is 1. The van der Waals surface area contributed by atoms with Gasteiger partial charge in [0.05, 0.1) is 0 Å². The summed E-state index contributed by atoms with van der Waals surface area (Å²) in [6.45, 7) is 3.81. The summed E-state index contributed by atoms with van der Waals surface area (Å²) in [4.78, 5) is 3.92. The Kier molecular flexibility index (Phi) is 3.78. The van der Waals surface area contributed by atoms with Crippen LogP contribution in [0.3, 0.4) is 0 Å². The van der Waals surface area contributed by atoms with Gasteiger partial charge < -0.3 is 0 Å². The third kappa shape index (κ3) is 3.58. The predicted molar refractivity (Wildman–Crippen MR) is 58.0 cm³/mol. The van der Waals surface area contributed by atoms with Crippen LogP contribution in [0.5, 0.6) is 0 Å². The van der Waals surface area contributed by atoms with Crippen LogP contribution >= 0.6 is 0 Å². The number of nitrogens with zero attached hydrogens (tertiary/aromatic N) is 2. The molecule has 0 aliphatic rings. The van der Waals surface area contributed by atoms with E-state index in [0.29, 0.717) is 0 Å². The zero-order valence-corrected chi connectivity index (χ0v) is 9.61. The Hall–Kier alpha value is -0.980. The summed E-state index contributed by atoms with van der Waals surface area (Å²) in [5.74, 6) is 0. The lowest BCUT2D eigenvalue weighted by Gasteiger charge is -2.23. The van der Waals surface area contributed by atoms with E-state index in [1.54, 1.807) is 32.3 Å². The van der Waals surface area contributed by atoms with E-state index >= 15 is 0 Å². The van der Waals surface area contributed by atoms with Gasteiger partial charge in [-0.05, 0) is 25.5 Å². The van der Waals surface area contributed by atoms with E-state index in [1.165, 1.54) is 4.31 Å². The molecule has 0 aliphatic heterocycles. The Labute approximate surface area is 90.1 Å². The molecule has 5 nitrogen and oxygen atoms in total. The van der Waals surface area contributed by atoms with Gasteiger partial charge in [-0.1, -0.05) is 6.07 Å². The second-order valence-electron chi connectivity index (χ2n) is 3.55.